The quantitative estimate of drug-likeness (QED) is 0.587. The molecule has 0 N–H and O–H groups in total. The Labute approximate surface area is 109 Å². The summed E-state index contributed by atoms with van der Waals surface area (Å²) in [4.78, 5) is 0. The zero-order valence-corrected chi connectivity index (χ0v) is 11.6. The number of halogens is 2. The lowest BCUT2D eigenvalue weighted by Gasteiger charge is -1.89. The zero-order valence-electron chi connectivity index (χ0n) is 11.6. The van der Waals surface area contributed by atoms with Gasteiger partial charge in [0.2, 0.25) is 0 Å². The van der Waals surface area contributed by atoms with E-state index < -0.39 is 5.83 Å². The van der Waals surface area contributed by atoms with E-state index in [1.54, 1.807) is 32.1 Å². The first kappa shape index (κ1) is 18.7. The molecule has 0 fully saturated rings. The van der Waals surface area contributed by atoms with Gasteiger partial charge in [-0.05, 0) is 37.1 Å². The molecule has 1 aromatic carbocycles. The van der Waals surface area contributed by atoms with Crippen molar-refractivity contribution in [3.63, 3.8) is 0 Å². The van der Waals surface area contributed by atoms with Crippen molar-refractivity contribution in [1.82, 2.24) is 0 Å². The van der Waals surface area contributed by atoms with Crippen LogP contribution in [-0.2, 0) is 0 Å². The Kier molecular flexibility index (Phi) is 12.2. The molecule has 0 nitrogen and oxygen atoms in total. The first-order chi connectivity index (χ1) is 8.47. The van der Waals surface area contributed by atoms with Crippen LogP contribution >= 0.6 is 0 Å². The highest BCUT2D eigenvalue weighted by atomic mass is 19.1. The van der Waals surface area contributed by atoms with E-state index in [9.17, 15) is 8.78 Å². The topological polar surface area (TPSA) is 0 Å². The fraction of sp³-hybridized carbons (Fsp3) is 0.250. The van der Waals surface area contributed by atoms with Crippen LogP contribution < -0.4 is 0 Å². The fourth-order valence-electron chi connectivity index (χ4n) is 0.857. The summed E-state index contributed by atoms with van der Waals surface area (Å²) in [7, 11) is 0. The Morgan fingerprint density at radius 1 is 1.22 bits per heavy atom. The molecule has 0 aliphatic rings. The molecule has 0 aliphatic heterocycles. The van der Waals surface area contributed by atoms with Gasteiger partial charge in [0.05, 0.1) is 0 Å². The molecule has 0 radical (unpaired) electrons. The van der Waals surface area contributed by atoms with Crippen molar-refractivity contribution in [2.24, 2.45) is 0 Å². The Morgan fingerprint density at radius 3 is 1.94 bits per heavy atom. The van der Waals surface area contributed by atoms with E-state index >= 15 is 0 Å². The SMILES string of the molecule is C=C/C(C)=C\C(=C)F.CC.Cc1ccccc1F. The van der Waals surface area contributed by atoms with Crippen molar-refractivity contribution in [1.29, 1.82) is 0 Å². The van der Waals surface area contributed by atoms with Crippen LogP contribution in [0.5, 0.6) is 0 Å². The van der Waals surface area contributed by atoms with Gasteiger partial charge in [0.1, 0.15) is 11.6 Å². The third kappa shape index (κ3) is 10.8. The van der Waals surface area contributed by atoms with Crippen LogP contribution in [0.3, 0.4) is 0 Å². The van der Waals surface area contributed by atoms with Crippen LogP contribution in [0.25, 0.3) is 0 Å². The van der Waals surface area contributed by atoms with E-state index in [0.717, 1.165) is 5.57 Å². The monoisotopic (exact) mass is 252 g/mol. The number of allylic oxidation sites excluding steroid dienone is 4. The molecule has 0 heterocycles. The molecule has 0 bridgehead atoms. The van der Waals surface area contributed by atoms with Gasteiger partial charge < -0.3 is 0 Å². The van der Waals surface area contributed by atoms with Gasteiger partial charge in [-0.1, -0.05) is 51.3 Å². The maximum absolute atomic E-state index is 12.3. The van der Waals surface area contributed by atoms with E-state index in [0.29, 0.717) is 5.56 Å². The van der Waals surface area contributed by atoms with Gasteiger partial charge >= 0.3 is 0 Å². The van der Waals surface area contributed by atoms with Crippen molar-refractivity contribution in [3.8, 4) is 0 Å². The highest BCUT2D eigenvalue weighted by Gasteiger charge is 1.88. The number of hydrogen-bond acceptors (Lipinski definition) is 0. The summed E-state index contributed by atoms with van der Waals surface area (Å²) in [5.41, 5.74) is 1.49. The second kappa shape index (κ2) is 11.8. The Hall–Kier alpha value is -1.70. The number of benzene rings is 1. The largest absolute Gasteiger partial charge is 0.208 e. The summed E-state index contributed by atoms with van der Waals surface area (Å²) in [6.45, 7) is 14.0. The normalized spacial score (nSPS) is 9.33. The maximum Gasteiger partial charge on any atom is 0.126 e. The lowest BCUT2D eigenvalue weighted by Crippen LogP contribution is -1.76. The predicted octanol–water partition coefficient (Wildman–Crippen LogP) is 5.76. The van der Waals surface area contributed by atoms with Crippen molar-refractivity contribution in [2.45, 2.75) is 27.7 Å². The molecular weight excluding hydrogens is 230 g/mol. The maximum atomic E-state index is 12.3. The van der Waals surface area contributed by atoms with E-state index in [2.05, 4.69) is 13.2 Å². The molecule has 0 saturated heterocycles. The average Bonchev–Trinajstić information content (AvgIpc) is 2.35. The standard InChI is InChI=1S/C7H7F.C7H9F.C2H6/c1-6-4-2-3-5-7(6)8;1-4-6(2)5-7(3)8;1-2/h2-5H,1H3;4-5H,1,3H2,2H3;1-2H3/b;6-5-;. The van der Waals surface area contributed by atoms with E-state index in [1.165, 1.54) is 12.1 Å². The molecule has 0 aromatic heterocycles. The van der Waals surface area contributed by atoms with E-state index in [1.807, 2.05) is 19.9 Å². The minimum Gasteiger partial charge on any atom is -0.208 e. The number of rotatable bonds is 2. The molecule has 0 amide bonds. The van der Waals surface area contributed by atoms with Crippen LogP contribution in [-0.4, -0.2) is 0 Å². The summed E-state index contributed by atoms with van der Waals surface area (Å²) in [5.74, 6) is -0.560. The van der Waals surface area contributed by atoms with Gasteiger partial charge in [-0.25, -0.2) is 8.78 Å². The van der Waals surface area contributed by atoms with Crippen LogP contribution in [0.4, 0.5) is 8.78 Å². The second-order valence-corrected chi connectivity index (χ2v) is 3.29. The van der Waals surface area contributed by atoms with E-state index in [-0.39, 0.29) is 5.82 Å². The lowest BCUT2D eigenvalue weighted by atomic mass is 10.2. The lowest BCUT2D eigenvalue weighted by molar-refractivity contribution is 0.618. The molecule has 2 heteroatoms. The van der Waals surface area contributed by atoms with Gasteiger partial charge in [-0.2, -0.15) is 0 Å². The molecule has 18 heavy (non-hydrogen) atoms. The van der Waals surface area contributed by atoms with Crippen LogP contribution in [0.2, 0.25) is 0 Å². The minimum atomic E-state index is -0.428. The first-order valence-corrected chi connectivity index (χ1v) is 5.83. The van der Waals surface area contributed by atoms with Crippen molar-refractivity contribution in [2.75, 3.05) is 0 Å². The van der Waals surface area contributed by atoms with Crippen molar-refractivity contribution in [3.05, 3.63) is 72.4 Å². The van der Waals surface area contributed by atoms with Crippen molar-refractivity contribution < 1.29 is 8.78 Å². The Bertz CT molecular complexity index is 369. The Balaban J connectivity index is 0. The molecule has 0 atom stereocenters. The Morgan fingerprint density at radius 2 is 1.72 bits per heavy atom. The smallest absolute Gasteiger partial charge is 0.126 e. The average molecular weight is 252 g/mol. The molecule has 100 valence electrons. The fourth-order valence-corrected chi connectivity index (χ4v) is 0.857. The third-order valence-electron chi connectivity index (χ3n) is 1.78. The highest BCUT2D eigenvalue weighted by molar-refractivity contribution is 5.21. The van der Waals surface area contributed by atoms with E-state index in [4.69, 9.17) is 0 Å². The summed E-state index contributed by atoms with van der Waals surface area (Å²) in [6.07, 6.45) is 2.90. The summed E-state index contributed by atoms with van der Waals surface area (Å²) in [6, 6.07) is 6.70. The first-order valence-electron chi connectivity index (χ1n) is 5.83. The third-order valence-corrected chi connectivity index (χ3v) is 1.78. The van der Waals surface area contributed by atoms with Crippen molar-refractivity contribution >= 4 is 0 Å². The minimum absolute atomic E-state index is 0.132. The van der Waals surface area contributed by atoms with Crippen LogP contribution in [0.1, 0.15) is 26.3 Å². The van der Waals surface area contributed by atoms with Gasteiger partial charge in [-0.15, -0.1) is 0 Å². The highest BCUT2D eigenvalue weighted by Crippen LogP contribution is 2.02. The van der Waals surface area contributed by atoms with Gasteiger partial charge in [0.15, 0.2) is 0 Å². The molecule has 0 spiro atoms. The van der Waals surface area contributed by atoms with Crippen LogP contribution in [0, 0.1) is 12.7 Å². The number of hydrogen-bond donors (Lipinski definition) is 0. The second-order valence-electron chi connectivity index (χ2n) is 3.29. The van der Waals surface area contributed by atoms with Crippen LogP contribution in [0.15, 0.2) is 61.0 Å². The summed E-state index contributed by atoms with van der Waals surface area (Å²) < 4.78 is 24.1. The zero-order chi connectivity index (χ0) is 14.6. The molecule has 0 unspecified atom stereocenters. The molecule has 1 aromatic rings. The summed E-state index contributed by atoms with van der Waals surface area (Å²) >= 11 is 0. The molecule has 0 aliphatic carbocycles. The molecule has 0 saturated carbocycles. The van der Waals surface area contributed by atoms with Gasteiger partial charge in [-0.3, -0.25) is 0 Å². The van der Waals surface area contributed by atoms with Gasteiger partial charge in [0, 0.05) is 0 Å². The van der Waals surface area contributed by atoms with Gasteiger partial charge in [0.25, 0.3) is 0 Å². The molecular formula is C16H22F2. The predicted molar refractivity (Wildman–Crippen MR) is 76.7 cm³/mol. The number of aryl methyl sites for hydroxylation is 1. The molecule has 1 rings (SSSR count). The summed E-state index contributed by atoms with van der Waals surface area (Å²) in [5, 5.41) is 0.